The minimum atomic E-state index is -0.321. The van der Waals surface area contributed by atoms with Gasteiger partial charge in [0.05, 0.1) is 4.88 Å². The van der Waals surface area contributed by atoms with Crippen molar-refractivity contribution in [2.24, 2.45) is 0 Å². The minimum absolute atomic E-state index is 0.0584. The van der Waals surface area contributed by atoms with Crippen molar-refractivity contribution in [1.82, 2.24) is 5.32 Å². The van der Waals surface area contributed by atoms with Crippen molar-refractivity contribution < 1.29 is 18.7 Å². The highest BCUT2D eigenvalue weighted by molar-refractivity contribution is 7.21. The molecule has 2 N–H and O–H groups in total. The highest BCUT2D eigenvalue weighted by Crippen LogP contribution is 2.32. The monoisotopic (exact) mass is 386 g/mol. The van der Waals surface area contributed by atoms with Gasteiger partial charge in [0.15, 0.2) is 6.61 Å². The fourth-order valence-corrected chi connectivity index (χ4v) is 3.71. The molecule has 0 fully saturated rings. The predicted octanol–water partition coefficient (Wildman–Crippen LogP) is 4.12. The van der Waals surface area contributed by atoms with Crippen molar-refractivity contribution in [2.45, 2.75) is 13.8 Å². The Morgan fingerprint density at radius 2 is 1.89 bits per heavy atom. The summed E-state index contributed by atoms with van der Waals surface area (Å²) in [5.74, 6) is -0.219. The molecule has 0 aliphatic rings. The molecule has 1 aromatic heterocycles. The Morgan fingerprint density at radius 3 is 2.59 bits per heavy atom. The molecule has 5 nitrogen and oxygen atoms in total. The van der Waals surface area contributed by atoms with Gasteiger partial charge in [-0.3, -0.25) is 9.59 Å². The van der Waals surface area contributed by atoms with Crippen molar-refractivity contribution in [2.75, 3.05) is 18.5 Å². The number of hydrogen-bond donors (Lipinski definition) is 2. The maximum Gasteiger partial charge on any atom is 0.266 e. The van der Waals surface area contributed by atoms with Crippen LogP contribution in [0.15, 0.2) is 42.5 Å². The van der Waals surface area contributed by atoms with E-state index in [0.29, 0.717) is 22.9 Å². The zero-order chi connectivity index (χ0) is 19.4. The molecule has 0 unspecified atom stereocenters. The number of carbonyl (C=O) groups excluding carboxylic acids is 2. The predicted molar refractivity (Wildman–Crippen MR) is 105 cm³/mol. The van der Waals surface area contributed by atoms with Crippen LogP contribution in [-0.2, 0) is 4.79 Å². The van der Waals surface area contributed by atoms with E-state index in [2.05, 4.69) is 10.6 Å². The zero-order valence-corrected chi connectivity index (χ0v) is 15.8. The van der Waals surface area contributed by atoms with Gasteiger partial charge in [-0.05, 0) is 67.3 Å². The van der Waals surface area contributed by atoms with Crippen LogP contribution in [0.25, 0.3) is 10.1 Å². The summed E-state index contributed by atoms with van der Waals surface area (Å²) in [5.41, 5.74) is 1.36. The molecule has 0 aliphatic heterocycles. The Morgan fingerprint density at radius 1 is 1.15 bits per heavy atom. The normalized spacial score (nSPS) is 10.6. The van der Waals surface area contributed by atoms with E-state index in [9.17, 15) is 14.0 Å². The molecule has 3 aromatic rings. The van der Waals surface area contributed by atoms with Gasteiger partial charge in [0.25, 0.3) is 11.8 Å². The number of rotatable bonds is 6. The van der Waals surface area contributed by atoms with Crippen LogP contribution in [0.4, 0.5) is 10.1 Å². The lowest BCUT2D eigenvalue weighted by molar-refractivity contribution is -0.122. The van der Waals surface area contributed by atoms with Gasteiger partial charge in [0.1, 0.15) is 11.6 Å². The molecule has 0 saturated heterocycles. The number of amides is 2. The lowest BCUT2D eigenvalue weighted by Gasteiger charge is -2.08. The van der Waals surface area contributed by atoms with Crippen LogP contribution in [0.2, 0.25) is 0 Å². The van der Waals surface area contributed by atoms with Crippen LogP contribution in [0.3, 0.4) is 0 Å². The average molecular weight is 386 g/mol. The number of benzene rings is 2. The van der Waals surface area contributed by atoms with E-state index in [-0.39, 0.29) is 24.2 Å². The number of nitrogens with one attached hydrogen (secondary N) is 2. The molecule has 0 radical (unpaired) electrons. The standard InChI is InChI=1S/C20H19FN2O3S/c1-3-22-18(24)11-26-15-7-5-14(6-8-15)23-20(25)19-12(2)16-10-13(21)4-9-17(16)27-19/h4-10H,3,11H2,1-2H3,(H,22,24)(H,23,25). The highest BCUT2D eigenvalue weighted by Gasteiger charge is 2.16. The van der Waals surface area contributed by atoms with Crippen LogP contribution >= 0.6 is 11.3 Å². The summed E-state index contributed by atoms with van der Waals surface area (Å²) < 4.78 is 19.7. The van der Waals surface area contributed by atoms with Gasteiger partial charge < -0.3 is 15.4 Å². The lowest BCUT2D eigenvalue weighted by atomic mass is 10.1. The summed E-state index contributed by atoms with van der Waals surface area (Å²) in [6, 6.07) is 11.3. The largest absolute Gasteiger partial charge is 0.484 e. The van der Waals surface area contributed by atoms with E-state index < -0.39 is 0 Å². The molecule has 0 atom stereocenters. The highest BCUT2D eigenvalue weighted by atomic mass is 32.1. The number of ether oxygens (including phenoxy) is 1. The molecule has 1 heterocycles. The molecule has 0 bridgehead atoms. The SMILES string of the molecule is CCNC(=O)COc1ccc(NC(=O)c2sc3ccc(F)cc3c2C)cc1. The third-order valence-corrected chi connectivity index (χ3v) is 5.23. The van der Waals surface area contributed by atoms with E-state index >= 15 is 0 Å². The molecule has 2 aromatic carbocycles. The smallest absolute Gasteiger partial charge is 0.266 e. The molecular formula is C20H19FN2O3S. The topological polar surface area (TPSA) is 67.4 Å². The summed E-state index contributed by atoms with van der Waals surface area (Å²) in [4.78, 5) is 24.5. The number of hydrogen-bond acceptors (Lipinski definition) is 4. The van der Waals surface area contributed by atoms with E-state index in [0.717, 1.165) is 15.6 Å². The molecule has 2 amide bonds. The summed E-state index contributed by atoms with van der Waals surface area (Å²) in [5, 5.41) is 6.23. The van der Waals surface area contributed by atoms with Crippen LogP contribution in [0, 0.1) is 12.7 Å². The van der Waals surface area contributed by atoms with Gasteiger partial charge in [-0.15, -0.1) is 11.3 Å². The number of likely N-dealkylation sites (N-methyl/N-ethyl adjacent to an activating group) is 1. The van der Waals surface area contributed by atoms with E-state index in [4.69, 9.17) is 4.74 Å². The quantitative estimate of drug-likeness (QED) is 0.670. The first-order chi connectivity index (χ1) is 13.0. The van der Waals surface area contributed by atoms with Crippen LogP contribution in [0.1, 0.15) is 22.2 Å². The van der Waals surface area contributed by atoms with E-state index in [1.165, 1.54) is 23.5 Å². The number of anilines is 1. The fourth-order valence-electron chi connectivity index (χ4n) is 2.63. The van der Waals surface area contributed by atoms with Gasteiger partial charge in [-0.25, -0.2) is 4.39 Å². The zero-order valence-electron chi connectivity index (χ0n) is 15.0. The van der Waals surface area contributed by atoms with Crippen LogP contribution in [-0.4, -0.2) is 25.0 Å². The average Bonchev–Trinajstić information content (AvgIpc) is 2.98. The van der Waals surface area contributed by atoms with E-state index in [1.54, 1.807) is 30.3 Å². The Bertz CT molecular complexity index is 983. The van der Waals surface area contributed by atoms with Crippen LogP contribution < -0.4 is 15.4 Å². The number of fused-ring (bicyclic) bond motifs is 1. The van der Waals surface area contributed by atoms with Crippen molar-refractivity contribution >= 4 is 38.9 Å². The lowest BCUT2D eigenvalue weighted by Crippen LogP contribution is -2.28. The maximum atomic E-state index is 13.4. The van der Waals surface area contributed by atoms with E-state index in [1.807, 2.05) is 13.8 Å². The summed E-state index contributed by atoms with van der Waals surface area (Å²) >= 11 is 1.33. The molecule has 27 heavy (non-hydrogen) atoms. The number of aryl methyl sites for hydroxylation is 1. The van der Waals surface area contributed by atoms with Gasteiger partial charge in [-0.2, -0.15) is 0 Å². The second kappa shape index (κ2) is 8.18. The summed E-state index contributed by atoms with van der Waals surface area (Å²) in [7, 11) is 0. The van der Waals surface area contributed by atoms with Gasteiger partial charge in [0, 0.05) is 16.9 Å². The van der Waals surface area contributed by atoms with Gasteiger partial charge in [0.2, 0.25) is 0 Å². The van der Waals surface area contributed by atoms with Crippen molar-refractivity contribution in [3.05, 3.63) is 58.7 Å². The van der Waals surface area contributed by atoms with Crippen molar-refractivity contribution in [3.8, 4) is 5.75 Å². The molecule has 0 saturated carbocycles. The first kappa shape index (κ1) is 18.8. The molecule has 0 aliphatic carbocycles. The fraction of sp³-hybridized carbons (Fsp3) is 0.200. The first-order valence-corrected chi connectivity index (χ1v) is 9.29. The molecule has 0 spiro atoms. The third-order valence-electron chi connectivity index (χ3n) is 3.96. The van der Waals surface area contributed by atoms with Crippen LogP contribution in [0.5, 0.6) is 5.75 Å². The van der Waals surface area contributed by atoms with Gasteiger partial charge >= 0.3 is 0 Å². The number of halogens is 1. The second-order valence-electron chi connectivity index (χ2n) is 5.92. The third kappa shape index (κ3) is 4.43. The van der Waals surface area contributed by atoms with Gasteiger partial charge in [-0.1, -0.05) is 0 Å². The molecule has 140 valence electrons. The second-order valence-corrected chi connectivity index (χ2v) is 6.97. The van der Waals surface area contributed by atoms with Crippen molar-refractivity contribution in [1.29, 1.82) is 0 Å². The number of carbonyl (C=O) groups is 2. The molecule has 7 heteroatoms. The Labute approximate surface area is 160 Å². The molecule has 3 rings (SSSR count). The maximum absolute atomic E-state index is 13.4. The minimum Gasteiger partial charge on any atom is -0.484 e. The summed E-state index contributed by atoms with van der Waals surface area (Å²) in [6.07, 6.45) is 0. The molecular weight excluding hydrogens is 367 g/mol. The van der Waals surface area contributed by atoms with Crippen molar-refractivity contribution in [3.63, 3.8) is 0 Å². The Kier molecular flexibility index (Phi) is 5.71. The Balaban J connectivity index is 1.67. The summed E-state index contributed by atoms with van der Waals surface area (Å²) in [6.45, 7) is 4.14. The number of thiophene rings is 1. The first-order valence-electron chi connectivity index (χ1n) is 8.47. The Hall–Kier alpha value is -2.93.